The number of ether oxygens (including phenoxy) is 2. The summed E-state index contributed by atoms with van der Waals surface area (Å²) >= 11 is 0. The normalized spacial score (nSPS) is 25.1. The molecular formula is C6H9NO3. The predicted molar refractivity (Wildman–Crippen MR) is 33.8 cm³/mol. The fourth-order valence-electron chi connectivity index (χ4n) is 0.757. The average molecular weight is 143 g/mol. The van der Waals surface area contributed by atoms with Crippen molar-refractivity contribution >= 4 is 11.7 Å². The molecule has 0 aliphatic carbocycles. The van der Waals surface area contributed by atoms with Crippen molar-refractivity contribution < 1.29 is 14.3 Å². The van der Waals surface area contributed by atoms with Crippen molar-refractivity contribution in [1.82, 2.24) is 0 Å². The Kier molecular flexibility index (Phi) is 2.01. The second-order valence-corrected chi connectivity index (χ2v) is 1.98. The van der Waals surface area contributed by atoms with E-state index in [2.05, 4.69) is 4.74 Å². The molecule has 4 heteroatoms. The van der Waals surface area contributed by atoms with Crippen LogP contribution in [0.25, 0.3) is 0 Å². The monoisotopic (exact) mass is 143 g/mol. The number of cyclic esters (lactones) is 1. The molecule has 1 fully saturated rings. The third-order valence-corrected chi connectivity index (χ3v) is 1.18. The van der Waals surface area contributed by atoms with Gasteiger partial charge in [0.05, 0.1) is 12.1 Å². The van der Waals surface area contributed by atoms with Crippen molar-refractivity contribution in [3.8, 4) is 0 Å². The van der Waals surface area contributed by atoms with Crippen molar-refractivity contribution in [3.63, 3.8) is 0 Å². The molecule has 0 aromatic heterocycles. The molecule has 0 saturated carbocycles. The quantitative estimate of drug-likeness (QED) is 0.566. The highest BCUT2D eigenvalue weighted by Gasteiger charge is 2.29. The lowest BCUT2D eigenvalue weighted by Gasteiger charge is -2.07. The number of hydrogen-bond donors (Lipinski definition) is 1. The molecule has 1 aliphatic rings. The van der Waals surface area contributed by atoms with Crippen molar-refractivity contribution in [2.24, 2.45) is 0 Å². The molecule has 0 amide bonds. The van der Waals surface area contributed by atoms with E-state index in [-0.39, 0.29) is 18.1 Å². The first kappa shape index (κ1) is 7.21. The van der Waals surface area contributed by atoms with E-state index in [0.29, 0.717) is 6.61 Å². The van der Waals surface area contributed by atoms with E-state index in [4.69, 9.17) is 10.1 Å². The van der Waals surface area contributed by atoms with Gasteiger partial charge in [-0.1, -0.05) is 0 Å². The van der Waals surface area contributed by atoms with E-state index in [1.807, 2.05) is 0 Å². The summed E-state index contributed by atoms with van der Waals surface area (Å²) in [7, 11) is 0. The third kappa shape index (κ3) is 1.33. The van der Waals surface area contributed by atoms with Crippen molar-refractivity contribution in [2.45, 2.75) is 19.6 Å². The zero-order valence-corrected chi connectivity index (χ0v) is 5.72. The van der Waals surface area contributed by atoms with Crippen LogP contribution >= 0.6 is 0 Å². The zero-order chi connectivity index (χ0) is 7.56. The molecular weight excluding hydrogens is 134 g/mol. The minimum absolute atomic E-state index is 0.0741. The number of nitrogens with one attached hydrogen (secondary N) is 1. The minimum Gasteiger partial charge on any atom is -0.430 e. The van der Waals surface area contributed by atoms with E-state index < -0.39 is 6.29 Å². The van der Waals surface area contributed by atoms with Gasteiger partial charge in [0, 0.05) is 6.61 Å². The molecule has 1 unspecified atom stereocenters. The number of esters is 1. The van der Waals surface area contributed by atoms with E-state index in [1.165, 1.54) is 0 Å². The van der Waals surface area contributed by atoms with Crippen molar-refractivity contribution in [3.05, 3.63) is 0 Å². The molecule has 56 valence electrons. The second kappa shape index (κ2) is 2.79. The molecule has 1 aliphatic heterocycles. The van der Waals surface area contributed by atoms with Crippen molar-refractivity contribution in [1.29, 1.82) is 5.41 Å². The summed E-state index contributed by atoms with van der Waals surface area (Å²) in [5.74, 6) is -0.372. The molecule has 4 nitrogen and oxygen atoms in total. The molecule has 0 spiro atoms. The van der Waals surface area contributed by atoms with Gasteiger partial charge in [0.15, 0.2) is 0 Å². The van der Waals surface area contributed by atoms with Gasteiger partial charge in [-0.25, -0.2) is 0 Å². The minimum atomic E-state index is -0.711. The summed E-state index contributed by atoms with van der Waals surface area (Å²) in [4.78, 5) is 10.5. The number of carbonyl (C=O) groups excluding carboxylic acids is 1. The molecule has 1 N–H and O–H groups in total. The molecule has 10 heavy (non-hydrogen) atoms. The lowest BCUT2D eigenvalue weighted by atomic mass is 10.3. The van der Waals surface area contributed by atoms with Crippen LogP contribution < -0.4 is 0 Å². The SMILES string of the molecule is CCOC1OC(=O)CC1=N. The maximum Gasteiger partial charge on any atom is 0.314 e. The Morgan fingerprint density at radius 2 is 2.60 bits per heavy atom. The Balaban J connectivity index is 2.46. The first-order chi connectivity index (χ1) is 4.74. The fraction of sp³-hybridized carbons (Fsp3) is 0.667. The topological polar surface area (TPSA) is 59.4 Å². The van der Waals surface area contributed by atoms with E-state index in [1.54, 1.807) is 6.92 Å². The summed E-state index contributed by atoms with van der Waals surface area (Å²) in [6, 6.07) is 0. The Bertz CT molecular complexity index is 166. The Hall–Kier alpha value is -0.900. The van der Waals surface area contributed by atoms with Crippen LogP contribution in [-0.2, 0) is 14.3 Å². The van der Waals surface area contributed by atoms with E-state index in [9.17, 15) is 4.79 Å². The van der Waals surface area contributed by atoms with Crippen LogP contribution in [0.3, 0.4) is 0 Å². The first-order valence-electron chi connectivity index (χ1n) is 3.12. The van der Waals surface area contributed by atoms with Gasteiger partial charge >= 0.3 is 5.97 Å². The molecule has 1 heterocycles. The highest BCUT2D eigenvalue weighted by Crippen LogP contribution is 2.10. The Labute approximate surface area is 58.6 Å². The van der Waals surface area contributed by atoms with Gasteiger partial charge in [-0.15, -0.1) is 0 Å². The number of carbonyl (C=O) groups is 1. The predicted octanol–water partition coefficient (Wildman–Crippen LogP) is 0.316. The molecule has 1 saturated heterocycles. The number of hydrogen-bond acceptors (Lipinski definition) is 4. The maximum atomic E-state index is 10.5. The van der Waals surface area contributed by atoms with Gasteiger partial charge in [-0.3, -0.25) is 4.79 Å². The van der Waals surface area contributed by atoms with Crippen LogP contribution in [0, 0.1) is 5.41 Å². The van der Waals surface area contributed by atoms with Gasteiger partial charge in [0.25, 0.3) is 0 Å². The maximum absolute atomic E-state index is 10.5. The highest BCUT2D eigenvalue weighted by atomic mass is 16.7. The average Bonchev–Trinajstić information content (AvgIpc) is 2.13. The molecule has 0 radical (unpaired) electrons. The molecule has 0 aromatic rings. The standard InChI is InChI=1S/C6H9NO3/c1-2-9-6-4(7)3-5(8)10-6/h6-7H,2-3H2,1H3. The van der Waals surface area contributed by atoms with Gasteiger partial charge in [0.1, 0.15) is 0 Å². The fourth-order valence-corrected chi connectivity index (χ4v) is 0.757. The van der Waals surface area contributed by atoms with Gasteiger partial charge in [-0.2, -0.15) is 0 Å². The summed E-state index contributed by atoms with van der Waals surface area (Å²) < 4.78 is 9.55. The summed E-state index contributed by atoms with van der Waals surface area (Å²) in [5.41, 5.74) is 0.215. The van der Waals surface area contributed by atoms with Gasteiger partial charge in [0.2, 0.25) is 6.29 Å². The van der Waals surface area contributed by atoms with Crippen LogP contribution in [-0.4, -0.2) is 24.6 Å². The zero-order valence-electron chi connectivity index (χ0n) is 5.72. The Morgan fingerprint density at radius 3 is 3.00 bits per heavy atom. The van der Waals surface area contributed by atoms with Crippen LogP contribution in [0.15, 0.2) is 0 Å². The van der Waals surface area contributed by atoms with Crippen LogP contribution in [0.5, 0.6) is 0 Å². The third-order valence-electron chi connectivity index (χ3n) is 1.18. The van der Waals surface area contributed by atoms with Crippen LogP contribution in [0.2, 0.25) is 0 Å². The van der Waals surface area contributed by atoms with Crippen LogP contribution in [0.4, 0.5) is 0 Å². The van der Waals surface area contributed by atoms with Crippen molar-refractivity contribution in [2.75, 3.05) is 6.61 Å². The molecule has 0 bridgehead atoms. The van der Waals surface area contributed by atoms with Crippen LogP contribution in [0.1, 0.15) is 13.3 Å². The first-order valence-corrected chi connectivity index (χ1v) is 3.12. The van der Waals surface area contributed by atoms with E-state index in [0.717, 1.165) is 0 Å². The lowest BCUT2D eigenvalue weighted by molar-refractivity contribution is -0.156. The second-order valence-electron chi connectivity index (χ2n) is 1.98. The van der Waals surface area contributed by atoms with E-state index >= 15 is 0 Å². The lowest BCUT2D eigenvalue weighted by Crippen LogP contribution is -2.18. The summed E-state index contributed by atoms with van der Waals surface area (Å²) in [6.45, 7) is 2.25. The molecule has 0 aromatic carbocycles. The number of rotatable bonds is 2. The summed E-state index contributed by atoms with van der Waals surface area (Å²) in [6.07, 6.45) is -0.637. The van der Waals surface area contributed by atoms with Gasteiger partial charge < -0.3 is 14.9 Å². The summed E-state index contributed by atoms with van der Waals surface area (Å²) in [5, 5.41) is 7.17. The highest BCUT2D eigenvalue weighted by molar-refractivity contribution is 6.04. The Morgan fingerprint density at radius 1 is 1.90 bits per heavy atom. The van der Waals surface area contributed by atoms with Gasteiger partial charge in [-0.05, 0) is 6.92 Å². The molecule has 1 atom stereocenters. The molecule has 1 rings (SSSR count). The largest absolute Gasteiger partial charge is 0.430 e. The smallest absolute Gasteiger partial charge is 0.314 e.